The Hall–Kier alpha value is -2.63. The van der Waals surface area contributed by atoms with Crippen molar-refractivity contribution < 1.29 is 27.2 Å². The molecule has 9 heteroatoms. The summed E-state index contributed by atoms with van der Waals surface area (Å²) in [5.74, 6) is -0.964. The fraction of sp³-hybridized carbons (Fsp3) is 0. The van der Waals surface area contributed by atoms with E-state index in [1.807, 2.05) is 0 Å². The van der Waals surface area contributed by atoms with Crippen molar-refractivity contribution in [3.05, 3.63) is 46.9 Å². The van der Waals surface area contributed by atoms with Gasteiger partial charge >= 0.3 is 18.9 Å². The van der Waals surface area contributed by atoms with Crippen molar-refractivity contribution in [3.63, 3.8) is 0 Å². The number of benzene rings is 2. The summed E-state index contributed by atoms with van der Waals surface area (Å²) in [6, 6.07) is 9.80. The Bertz CT molecular complexity index is 676. The number of carboxylic acids is 1. The van der Waals surface area contributed by atoms with Gasteiger partial charge in [0.15, 0.2) is 4.98 Å². The Morgan fingerprint density at radius 3 is 2.25 bits per heavy atom. The molecule has 0 aliphatic heterocycles. The second-order valence-corrected chi connectivity index (χ2v) is 3.61. The second-order valence-electron chi connectivity index (χ2n) is 3.61. The fourth-order valence-electron chi connectivity index (χ4n) is 1.52. The molecule has 1 N–H and O–H groups in total. The van der Waals surface area contributed by atoms with Crippen LogP contribution >= 0.6 is 0 Å². The standard InChI is InChI=1S/C11H6N2O2.BF4/c12-13-8-4-5-9-7(6-8)2-1-3-10(9)11(14)15;2-1(3,4)5/h1-6H;/q;-1/p+1. The molecule has 4 nitrogen and oxygen atoms in total. The fourth-order valence-corrected chi connectivity index (χ4v) is 1.52. The Kier molecular flexibility index (Phi) is 4.64. The summed E-state index contributed by atoms with van der Waals surface area (Å²) in [6.07, 6.45) is 0. The molecule has 0 fully saturated rings. The maximum Gasteiger partial charge on any atom is 0.673 e. The van der Waals surface area contributed by atoms with Crippen LogP contribution in [0.25, 0.3) is 15.7 Å². The number of fused-ring (bicyclic) bond motifs is 1. The third-order valence-corrected chi connectivity index (χ3v) is 2.21. The van der Waals surface area contributed by atoms with Crippen LogP contribution in [-0.4, -0.2) is 18.3 Å². The molecule has 0 atom stereocenters. The summed E-state index contributed by atoms with van der Waals surface area (Å²) in [7, 11) is -6.00. The minimum Gasteiger partial charge on any atom is -0.478 e. The molecule has 0 spiro atoms. The van der Waals surface area contributed by atoms with Crippen LogP contribution in [0.4, 0.5) is 23.0 Å². The molecule has 0 saturated heterocycles. The average Bonchev–Trinajstić information content (AvgIpc) is 2.35. The molecule has 104 valence electrons. The number of halogens is 4. The van der Waals surface area contributed by atoms with E-state index in [0.717, 1.165) is 5.39 Å². The van der Waals surface area contributed by atoms with Gasteiger partial charge in [0.1, 0.15) is 0 Å². The lowest BCUT2D eigenvalue weighted by molar-refractivity contribution is 0.0699. The van der Waals surface area contributed by atoms with Gasteiger partial charge in [-0.15, -0.1) is 0 Å². The molecule has 0 unspecified atom stereocenters. The molecule has 2 aromatic carbocycles. The van der Waals surface area contributed by atoms with Gasteiger partial charge in [0, 0.05) is 12.1 Å². The summed E-state index contributed by atoms with van der Waals surface area (Å²) < 4.78 is 39.0. The van der Waals surface area contributed by atoms with E-state index >= 15 is 0 Å². The Balaban J connectivity index is 0.000000347. The second kappa shape index (κ2) is 6.01. The number of diazo groups is 1. The van der Waals surface area contributed by atoms with Crippen molar-refractivity contribution in [3.8, 4) is 0 Å². The molecular weight excluding hydrogens is 279 g/mol. The summed E-state index contributed by atoms with van der Waals surface area (Å²) in [4.78, 5) is 13.9. The van der Waals surface area contributed by atoms with Gasteiger partial charge in [0.05, 0.1) is 5.56 Å². The van der Waals surface area contributed by atoms with E-state index in [1.165, 1.54) is 0 Å². The molecule has 2 aromatic rings. The van der Waals surface area contributed by atoms with Crippen molar-refractivity contribution in [1.29, 1.82) is 5.39 Å². The molecule has 0 aliphatic rings. The van der Waals surface area contributed by atoms with Gasteiger partial charge in [-0.1, -0.05) is 12.1 Å². The van der Waals surface area contributed by atoms with Crippen LogP contribution in [0.5, 0.6) is 0 Å². The minimum atomic E-state index is -6.00. The molecule has 0 aliphatic carbocycles. The zero-order valence-corrected chi connectivity index (χ0v) is 9.80. The van der Waals surface area contributed by atoms with Crippen molar-refractivity contribution in [1.82, 2.24) is 0 Å². The van der Waals surface area contributed by atoms with E-state index in [0.29, 0.717) is 11.1 Å². The quantitative estimate of drug-likeness (QED) is 0.482. The first-order chi connectivity index (χ1) is 9.22. The van der Waals surface area contributed by atoms with Crippen LogP contribution in [0.1, 0.15) is 10.4 Å². The number of carboxylic acid groups (broad SMARTS) is 1. The van der Waals surface area contributed by atoms with Crippen LogP contribution < -0.4 is 0 Å². The highest BCUT2D eigenvalue weighted by Crippen LogP contribution is 2.24. The van der Waals surface area contributed by atoms with Gasteiger partial charge in [0.2, 0.25) is 5.39 Å². The summed E-state index contributed by atoms with van der Waals surface area (Å²) in [5, 5.41) is 18.9. The highest BCUT2D eigenvalue weighted by Gasteiger charge is 2.20. The predicted molar refractivity (Wildman–Crippen MR) is 65.8 cm³/mol. The molecule has 0 bridgehead atoms. The van der Waals surface area contributed by atoms with Crippen LogP contribution in [0.15, 0.2) is 36.4 Å². The highest BCUT2D eigenvalue weighted by molar-refractivity contribution is 6.50. The Morgan fingerprint density at radius 1 is 1.15 bits per heavy atom. The zero-order chi connectivity index (χ0) is 15.3. The molecule has 0 heterocycles. The first kappa shape index (κ1) is 15.4. The van der Waals surface area contributed by atoms with Gasteiger partial charge in [-0.25, -0.2) is 4.79 Å². The minimum absolute atomic E-state index is 0.247. The molecule has 0 aromatic heterocycles. The summed E-state index contributed by atoms with van der Waals surface area (Å²) in [6.45, 7) is 0. The highest BCUT2D eigenvalue weighted by atomic mass is 19.5. The van der Waals surface area contributed by atoms with E-state index in [9.17, 15) is 22.1 Å². The number of hydrogen-bond donors (Lipinski definition) is 1. The third kappa shape index (κ3) is 4.57. The van der Waals surface area contributed by atoms with E-state index in [-0.39, 0.29) is 5.56 Å². The Morgan fingerprint density at radius 2 is 1.75 bits per heavy atom. The van der Waals surface area contributed by atoms with E-state index in [4.69, 9.17) is 10.5 Å². The number of nitrogens with zero attached hydrogens (tertiary/aromatic N) is 2. The SMILES string of the molecule is F[B-](F)(F)F.N#[N+]c1ccc2c(C(=O)O)cccc2c1. The van der Waals surface area contributed by atoms with Crippen LogP contribution in [0.3, 0.4) is 0 Å². The number of carbonyl (C=O) groups is 1. The van der Waals surface area contributed by atoms with E-state index in [1.54, 1.807) is 36.4 Å². The average molecular weight is 286 g/mol. The van der Waals surface area contributed by atoms with Crippen LogP contribution in [0.2, 0.25) is 0 Å². The molecule has 0 amide bonds. The monoisotopic (exact) mass is 286 g/mol. The van der Waals surface area contributed by atoms with Crippen LogP contribution in [-0.2, 0) is 0 Å². The van der Waals surface area contributed by atoms with Crippen molar-refractivity contribution in [2.24, 2.45) is 0 Å². The maximum atomic E-state index is 10.9. The number of rotatable bonds is 1. The largest absolute Gasteiger partial charge is 0.673 e. The smallest absolute Gasteiger partial charge is 0.478 e. The maximum absolute atomic E-state index is 10.9. The number of hydrogen-bond acceptors (Lipinski definition) is 2. The lowest BCUT2D eigenvalue weighted by Gasteiger charge is -1.99. The molecule has 0 radical (unpaired) electrons. The zero-order valence-electron chi connectivity index (χ0n) is 9.80. The normalized spacial score (nSPS) is 10.3. The van der Waals surface area contributed by atoms with Gasteiger partial charge in [-0.3, -0.25) is 0 Å². The molecule has 0 saturated carbocycles. The predicted octanol–water partition coefficient (Wildman–Crippen LogP) is 4.32. The molecular formula is C11H7BF4N2O2. The number of aromatic carboxylic acids is 1. The van der Waals surface area contributed by atoms with Crippen LogP contribution in [0, 0.1) is 5.39 Å². The van der Waals surface area contributed by atoms with Crippen molar-refractivity contribution >= 4 is 29.7 Å². The lowest BCUT2D eigenvalue weighted by Crippen LogP contribution is -2.02. The molecule has 2 rings (SSSR count). The Labute approximate surface area is 110 Å². The van der Waals surface area contributed by atoms with Gasteiger partial charge in [0.25, 0.3) is 0 Å². The lowest BCUT2D eigenvalue weighted by atomic mass is 10.0. The topological polar surface area (TPSA) is 65.5 Å². The van der Waals surface area contributed by atoms with Gasteiger partial charge < -0.3 is 22.4 Å². The molecule has 20 heavy (non-hydrogen) atoms. The van der Waals surface area contributed by atoms with E-state index < -0.39 is 13.2 Å². The van der Waals surface area contributed by atoms with Gasteiger partial charge in [-0.2, -0.15) is 0 Å². The first-order valence-electron chi connectivity index (χ1n) is 5.21. The summed E-state index contributed by atoms with van der Waals surface area (Å²) in [5.41, 5.74) is 0.655. The van der Waals surface area contributed by atoms with Crippen molar-refractivity contribution in [2.45, 2.75) is 0 Å². The first-order valence-corrected chi connectivity index (χ1v) is 5.21. The van der Waals surface area contributed by atoms with Gasteiger partial charge in [-0.05, 0) is 22.9 Å². The van der Waals surface area contributed by atoms with E-state index in [2.05, 4.69) is 4.98 Å². The van der Waals surface area contributed by atoms with Crippen molar-refractivity contribution in [2.75, 3.05) is 0 Å². The summed E-state index contributed by atoms with van der Waals surface area (Å²) >= 11 is 0. The third-order valence-electron chi connectivity index (χ3n) is 2.21.